The molecule has 1 fully saturated rings. The lowest BCUT2D eigenvalue weighted by molar-refractivity contribution is 0.949. The number of para-hydroxylation sites is 2. The number of nitrogens with zero attached hydrogens (tertiary/aromatic N) is 2. The van der Waals surface area contributed by atoms with E-state index < -0.39 is 0 Å². The van der Waals surface area contributed by atoms with Gasteiger partial charge in [-0.05, 0) is 48.7 Å². The van der Waals surface area contributed by atoms with Gasteiger partial charge < -0.3 is 15.5 Å². The number of rotatable bonds is 3. The second-order valence-corrected chi connectivity index (χ2v) is 6.26. The second kappa shape index (κ2) is 6.29. The van der Waals surface area contributed by atoms with Gasteiger partial charge in [0.05, 0.1) is 23.0 Å². The molecule has 0 radical (unpaired) electrons. The van der Waals surface area contributed by atoms with Crippen LogP contribution in [0.25, 0.3) is 6.08 Å². The molecule has 0 amide bonds. The minimum Gasteiger partial charge on any atom is -0.372 e. The van der Waals surface area contributed by atoms with Crippen molar-refractivity contribution < 1.29 is 0 Å². The number of nitriles is 1. The third-order valence-corrected chi connectivity index (χ3v) is 4.65. The smallest absolute Gasteiger partial charge is 0.133 e. The molecule has 2 heterocycles. The van der Waals surface area contributed by atoms with E-state index in [-0.39, 0.29) is 6.17 Å². The molecule has 120 valence electrons. The number of nitrogens with one attached hydrogen (secondary N) is 2. The van der Waals surface area contributed by atoms with Crippen LogP contribution >= 0.6 is 0 Å². The molecular formula is C20H20N4. The summed E-state index contributed by atoms with van der Waals surface area (Å²) >= 11 is 0. The predicted octanol–water partition coefficient (Wildman–Crippen LogP) is 4.06. The molecule has 0 spiro atoms. The highest BCUT2D eigenvalue weighted by atomic mass is 15.2. The van der Waals surface area contributed by atoms with Gasteiger partial charge >= 0.3 is 0 Å². The zero-order chi connectivity index (χ0) is 16.4. The Balaban J connectivity index is 1.52. The molecule has 0 bridgehead atoms. The van der Waals surface area contributed by atoms with Crippen LogP contribution in [0, 0.1) is 11.3 Å². The number of anilines is 3. The summed E-state index contributed by atoms with van der Waals surface area (Å²) in [4.78, 5) is 2.41. The van der Waals surface area contributed by atoms with Gasteiger partial charge in [0, 0.05) is 18.8 Å². The zero-order valence-corrected chi connectivity index (χ0v) is 13.5. The molecule has 4 heteroatoms. The first-order valence-corrected chi connectivity index (χ1v) is 8.42. The van der Waals surface area contributed by atoms with Crippen molar-refractivity contribution in [3.8, 4) is 6.07 Å². The maximum absolute atomic E-state index is 9.55. The van der Waals surface area contributed by atoms with E-state index in [4.69, 9.17) is 0 Å². The Labute approximate surface area is 142 Å². The molecule has 0 saturated carbocycles. The summed E-state index contributed by atoms with van der Waals surface area (Å²) in [7, 11) is 0. The molecule has 2 aromatic carbocycles. The lowest BCUT2D eigenvalue weighted by atomic mass is 10.1. The van der Waals surface area contributed by atoms with Crippen molar-refractivity contribution in [2.45, 2.75) is 19.0 Å². The topological polar surface area (TPSA) is 51.1 Å². The van der Waals surface area contributed by atoms with Crippen molar-refractivity contribution in [3.63, 3.8) is 0 Å². The Morgan fingerprint density at radius 2 is 1.62 bits per heavy atom. The van der Waals surface area contributed by atoms with E-state index in [2.05, 4.69) is 45.9 Å². The van der Waals surface area contributed by atoms with Crippen molar-refractivity contribution in [1.82, 2.24) is 0 Å². The van der Waals surface area contributed by atoms with Gasteiger partial charge in [-0.3, -0.25) is 0 Å². The minimum absolute atomic E-state index is 0.175. The minimum atomic E-state index is -0.175. The van der Waals surface area contributed by atoms with Crippen LogP contribution < -0.4 is 15.5 Å². The van der Waals surface area contributed by atoms with Crippen LogP contribution in [0.15, 0.2) is 54.1 Å². The number of hydrogen-bond acceptors (Lipinski definition) is 4. The fourth-order valence-electron chi connectivity index (χ4n) is 3.35. The summed E-state index contributed by atoms with van der Waals surface area (Å²) in [5, 5.41) is 16.3. The summed E-state index contributed by atoms with van der Waals surface area (Å²) in [5.74, 6) is 0. The highest BCUT2D eigenvalue weighted by Crippen LogP contribution is 2.31. The van der Waals surface area contributed by atoms with Gasteiger partial charge in [0.2, 0.25) is 0 Å². The van der Waals surface area contributed by atoms with Gasteiger partial charge in [0.1, 0.15) is 6.17 Å². The molecule has 0 unspecified atom stereocenters. The second-order valence-electron chi connectivity index (χ2n) is 6.26. The molecule has 2 aliphatic heterocycles. The number of hydrogen-bond donors (Lipinski definition) is 2. The van der Waals surface area contributed by atoms with Crippen LogP contribution in [0.4, 0.5) is 17.1 Å². The van der Waals surface area contributed by atoms with E-state index in [1.807, 2.05) is 30.3 Å². The average molecular weight is 316 g/mol. The van der Waals surface area contributed by atoms with Gasteiger partial charge in [-0.25, -0.2) is 0 Å². The predicted molar refractivity (Wildman–Crippen MR) is 99.0 cm³/mol. The molecule has 0 aromatic heterocycles. The Hall–Kier alpha value is -2.93. The Kier molecular flexibility index (Phi) is 3.84. The lowest BCUT2D eigenvalue weighted by Gasteiger charge is -2.17. The summed E-state index contributed by atoms with van der Waals surface area (Å²) < 4.78 is 0. The summed E-state index contributed by atoms with van der Waals surface area (Å²) in [6, 6.07) is 18.8. The maximum atomic E-state index is 9.55. The molecule has 4 rings (SSSR count). The van der Waals surface area contributed by atoms with E-state index in [1.165, 1.54) is 18.5 Å². The number of fused-ring (bicyclic) bond motifs is 1. The van der Waals surface area contributed by atoms with Crippen LogP contribution in [0.5, 0.6) is 0 Å². The van der Waals surface area contributed by atoms with Crippen molar-refractivity contribution in [2.75, 3.05) is 28.6 Å². The first kappa shape index (κ1) is 14.6. The molecule has 24 heavy (non-hydrogen) atoms. The summed E-state index contributed by atoms with van der Waals surface area (Å²) in [5.41, 5.74) is 5.07. The van der Waals surface area contributed by atoms with Crippen LogP contribution in [0.2, 0.25) is 0 Å². The van der Waals surface area contributed by atoms with Crippen molar-refractivity contribution in [2.24, 2.45) is 0 Å². The summed E-state index contributed by atoms with van der Waals surface area (Å²) in [6.45, 7) is 2.29. The molecule has 0 aliphatic carbocycles. The fourth-order valence-corrected chi connectivity index (χ4v) is 3.35. The SMILES string of the molecule is N#C/C(=C\c1ccc(N2CCCC2)cc1)C1Nc2ccccc2N1. The van der Waals surface area contributed by atoms with Gasteiger partial charge in [-0.2, -0.15) is 5.26 Å². The van der Waals surface area contributed by atoms with E-state index >= 15 is 0 Å². The molecule has 0 atom stereocenters. The average Bonchev–Trinajstić information content (AvgIpc) is 3.29. The lowest BCUT2D eigenvalue weighted by Crippen LogP contribution is -2.23. The fraction of sp³-hybridized carbons (Fsp3) is 0.250. The standard InChI is InChI=1S/C20H20N4/c21-14-16(20-22-18-5-1-2-6-19(18)23-20)13-15-7-9-17(10-8-15)24-11-3-4-12-24/h1-2,5-10,13,20,22-23H,3-4,11-12H2/b16-13+. The van der Waals surface area contributed by atoms with Crippen LogP contribution in [0.1, 0.15) is 18.4 Å². The molecule has 4 nitrogen and oxygen atoms in total. The first-order valence-electron chi connectivity index (χ1n) is 8.42. The maximum Gasteiger partial charge on any atom is 0.133 e. The Bertz CT molecular complexity index is 770. The zero-order valence-electron chi connectivity index (χ0n) is 13.5. The van der Waals surface area contributed by atoms with Crippen molar-refractivity contribution in [1.29, 1.82) is 5.26 Å². The Morgan fingerprint density at radius 1 is 1.00 bits per heavy atom. The largest absolute Gasteiger partial charge is 0.372 e. The van der Waals surface area contributed by atoms with Crippen molar-refractivity contribution in [3.05, 3.63) is 59.7 Å². The third kappa shape index (κ3) is 2.81. The van der Waals surface area contributed by atoms with E-state index in [1.54, 1.807) is 0 Å². The van der Waals surface area contributed by atoms with Crippen molar-refractivity contribution >= 4 is 23.1 Å². The normalized spacial score (nSPS) is 17.1. The molecular weight excluding hydrogens is 296 g/mol. The molecule has 2 N–H and O–H groups in total. The quantitative estimate of drug-likeness (QED) is 0.839. The molecule has 1 saturated heterocycles. The van der Waals surface area contributed by atoms with E-state index in [0.717, 1.165) is 30.0 Å². The molecule has 2 aromatic rings. The highest BCUT2D eigenvalue weighted by molar-refractivity contribution is 5.78. The molecule has 2 aliphatic rings. The van der Waals surface area contributed by atoms with Gasteiger partial charge in [0.15, 0.2) is 0 Å². The van der Waals surface area contributed by atoms with E-state index in [9.17, 15) is 5.26 Å². The highest BCUT2D eigenvalue weighted by Gasteiger charge is 2.22. The number of benzene rings is 2. The third-order valence-electron chi connectivity index (χ3n) is 4.65. The summed E-state index contributed by atoms with van der Waals surface area (Å²) in [6.07, 6.45) is 4.33. The van der Waals surface area contributed by atoms with Gasteiger partial charge in [0.25, 0.3) is 0 Å². The van der Waals surface area contributed by atoms with Gasteiger partial charge in [-0.1, -0.05) is 24.3 Å². The first-order chi connectivity index (χ1) is 11.8. The van der Waals surface area contributed by atoms with Gasteiger partial charge in [-0.15, -0.1) is 0 Å². The van der Waals surface area contributed by atoms with Crippen LogP contribution in [-0.2, 0) is 0 Å². The Morgan fingerprint density at radius 3 is 2.21 bits per heavy atom. The monoisotopic (exact) mass is 316 g/mol. The van der Waals surface area contributed by atoms with Crippen LogP contribution in [-0.4, -0.2) is 19.3 Å². The van der Waals surface area contributed by atoms with E-state index in [0.29, 0.717) is 5.57 Å². The van der Waals surface area contributed by atoms with Crippen LogP contribution in [0.3, 0.4) is 0 Å².